The molecule has 0 saturated carbocycles. The number of carbonyl (C=O) groups excluding carboxylic acids is 2. The van der Waals surface area contributed by atoms with Crippen LogP contribution in [0.4, 0.5) is 0 Å². The number of aliphatic carboxylic acids is 1. The molecule has 5 atom stereocenters. The van der Waals surface area contributed by atoms with Gasteiger partial charge in [0.25, 0.3) is 0 Å². The fourth-order valence-corrected chi connectivity index (χ4v) is 4.86. The van der Waals surface area contributed by atoms with Crippen molar-refractivity contribution in [2.24, 2.45) is 11.8 Å². The van der Waals surface area contributed by atoms with Crippen molar-refractivity contribution in [3.05, 3.63) is 59.7 Å². The van der Waals surface area contributed by atoms with Gasteiger partial charge in [-0.15, -0.1) is 0 Å². The van der Waals surface area contributed by atoms with E-state index in [1.165, 1.54) is 32.2 Å². The molecule has 2 aromatic rings. The van der Waals surface area contributed by atoms with E-state index in [1.807, 2.05) is 6.07 Å². The number of nitrogens with one attached hydrogen (secondary N) is 1. The van der Waals surface area contributed by atoms with Crippen molar-refractivity contribution in [2.45, 2.75) is 31.2 Å². The highest BCUT2D eigenvalue weighted by Crippen LogP contribution is 2.51. The van der Waals surface area contributed by atoms with Crippen molar-refractivity contribution < 1.29 is 34.4 Å². The maximum Gasteiger partial charge on any atom is 0.327 e. The molecule has 2 aliphatic heterocycles. The van der Waals surface area contributed by atoms with Crippen LogP contribution in [0.15, 0.2) is 48.5 Å². The first-order valence-corrected chi connectivity index (χ1v) is 10.2. The first kappa shape index (κ1) is 21.8. The number of fused-ring (bicyclic) bond motifs is 1. The summed E-state index contributed by atoms with van der Waals surface area (Å²) >= 11 is 0. The third-order valence-electron chi connectivity index (χ3n) is 6.45. The summed E-state index contributed by atoms with van der Waals surface area (Å²) in [7, 11) is 1.37. The average molecular weight is 440 g/mol. The van der Waals surface area contributed by atoms with Crippen LogP contribution in [-0.4, -0.2) is 56.8 Å². The Labute approximate surface area is 184 Å². The Balaban J connectivity index is 1.82. The number of amides is 2. The minimum atomic E-state index is -2.06. The molecule has 0 radical (unpaired) electrons. The molecule has 2 fully saturated rings. The van der Waals surface area contributed by atoms with Crippen LogP contribution >= 0.6 is 0 Å². The molecule has 5 unspecified atom stereocenters. The Morgan fingerprint density at radius 1 is 1.19 bits per heavy atom. The molecule has 168 valence electrons. The predicted octanol–water partition coefficient (Wildman–Crippen LogP) is 1.05. The first-order chi connectivity index (χ1) is 15.2. The predicted molar refractivity (Wildman–Crippen MR) is 112 cm³/mol. The van der Waals surface area contributed by atoms with Gasteiger partial charge in [-0.2, -0.15) is 0 Å². The normalized spacial score (nSPS) is 28.0. The molecule has 0 aliphatic carbocycles. The van der Waals surface area contributed by atoms with Crippen molar-refractivity contribution in [1.82, 2.24) is 10.2 Å². The van der Waals surface area contributed by atoms with Crippen molar-refractivity contribution >= 4 is 17.8 Å². The molecule has 4 N–H and O–H groups in total. The molecule has 9 nitrogen and oxygen atoms in total. The molecule has 4 rings (SSSR count). The van der Waals surface area contributed by atoms with Gasteiger partial charge < -0.3 is 20.1 Å². The van der Waals surface area contributed by atoms with Gasteiger partial charge in [-0.05, 0) is 30.2 Å². The topological polar surface area (TPSA) is 136 Å². The lowest BCUT2D eigenvalue weighted by Gasteiger charge is -2.33. The highest BCUT2D eigenvalue weighted by molar-refractivity contribution is 6.09. The summed E-state index contributed by atoms with van der Waals surface area (Å²) in [5, 5.41) is 33.4. The second kappa shape index (κ2) is 7.92. The zero-order valence-electron chi connectivity index (χ0n) is 17.6. The average Bonchev–Trinajstić information content (AvgIpc) is 3.25. The summed E-state index contributed by atoms with van der Waals surface area (Å²) in [4.78, 5) is 40.3. The van der Waals surface area contributed by atoms with Crippen LogP contribution < -0.4 is 10.1 Å². The van der Waals surface area contributed by atoms with Crippen LogP contribution in [0.2, 0.25) is 0 Å². The van der Waals surface area contributed by atoms with Crippen molar-refractivity contribution in [2.75, 3.05) is 7.11 Å². The number of aromatic hydroxyl groups is 1. The van der Waals surface area contributed by atoms with Gasteiger partial charge in [0.2, 0.25) is 11.8 Å². The molecule has 0 spiro atoms. The molecule has 2 aliphatic rings. The van der Waals surface area contributed by atoms with Crippen LogP contribution in [0.5, 0.6) is 11.5 Å². The molecule has 2 aromatic carbocycles. The highest BCUT2D eigenvalue weighted by atomic mass is 16.5. The van der Waals surface area contributed by atoms with Crippen LogP contribution in [0.3, 0.4) is 0 Å². The van der Waals surface area contributed by atoms with Gasteiger partial charge in [-0.1, -0.05) is 36.4 Å². The minimum Gasteiger partial charge on any atom is -0.504 e. The number of phenols is 1. The van der Waals surface area contributed by atoms with Crippen LogP contribution in [0.25, 0.3) is 0 Å². The Bertz CT molecular complexity index is 1070. The minimum absolute atomic E-state index is 0.00658. The molecular formula is C23H24N2O7. The number of carboxylic acid groups (broad SMARTS) is 1. The van der Waals surface area contributed by atoms with E-state index in [-0.39, 0.29) is 18.0 Å². The summed E-state index contributed by atoms with van der Waals surface area (Å²) < 4.78 is 5.15. The maximum atomic E-state index is 13.4. The van der Waals surface area contributed by atoms with Crippen molar-refractivity contribution in [3.8, 4) is 11.5 Å². The third kappa shape index (κ3) is 3.12. The van der Waals surface area contributed by atoms with E-state index in [0.29, 0.717) is 5.56 Å². The highest BCUT2D eigenvalue weighted by Gasteiger charge is 2.70. The fourth-order valence-electron chi connectivity index (χ4n) is 4.86. The number of imide groups is 1. The molecule has 0 bridgehead atoms. The maximum absolute atomic E-state index is 13.4. The lowest BCUT2D eigenvalue weighted by molar-refractivity contribution is -0.157. The molecule has 0 aromatic heterocycles. The van der Waals surface area contributed by atoms with Crippen molar-refractivity contribution in [1.29, 1.82) is 0 Å². The Kier molecular flexibility index (Phi) is 5.39. The number of phenolic OH excluding ortho intramolecular Hbond substituents is 1. The van der Waals surface area contributed by atoms with Gasteiger partial charge >= 0.3 is 5.97 Å². The van der Waals surface area contributed by atoms with Gasteiger partial charge in [0, 0.05) is 6.04 Å². The van der Waals surface area contributed by atoms with Crippen LogP contribution in [0, 0.1) is 11.8 Å². The van der Waals surface area contributed by atoms with Gasteiger partial charge in [0.1, 0.15) is 0 Å². The SMILES string of the molecule is COc1cc(C2NC(C(=O)O)(C(C)O)C3C(=O)N(Cc4ccccc4)C(=O)C23)ccc1O. The molecule has 2 saturated heterocycles. The largest absolute Gasteiger partial charge is 0.504 e. The monoisotopic (exact) mass is 440 g/mol. The van der Waals surface area contributed by atoms with Crippen molar-refractivity contribution in [3.63, 3.8) is 0 Å². The number of aliphatic hydroxyl groups excluding tert-OH is 1. The zero-order chi connectivity index (χ0) is 23.2. The number of carboxylic acids is 1. The molecule has 32 heavy (non-hydrogen) atoms. The van der Waals surface area contributed by atoms with E-state index in [4.69, 9.17) is 4.74 Å². The number of hydrogen-bond donors (Lipinski definition) is 4. The Morgan fingerprint density at radius 3 is 2.47 bits per heavy atom. The molecular weight excluding hydrogens is 416 g/mol. The van der Waals surface area contributed by atoms with E-state index in [9.17, 15) is 29.7 Å². The number of rotatable bonds is 6. The lowest BCUT2D eigenvalue weighted by atomic mass is 9.76. The van der Waals surface area contributed by atoms with E-state index in [2.05, 4.69) is 5.32 Å². The molecule has 2 amide bonds. The Morgan fingerprint density at radius 2 is 1.88 bits per heavy atom. The smallest absolute Gasteiger partial charge is 0.327 e. The van der Waals surface area contributed by atoms with Crippen LogP contribution in [0.1, 0.15) is 24.1 Å². The quantitative estimate of drug-likeness (QED) is 0.490. The number of hydrogen-bond acceptors (Lipinski definition) is 7. The van der Waals surface area contributed by atoms with Gasteiger partial charge in [-0.25, -0.2) is 0 Å². The number of ether oxygens (including phenoxy) is 1. The van der Waals surface area contributed by atoms with E-state index < -0.39 is 47.3 Å². The molecule has 9 heteroatoms. The first-order valence-electron chi connectivity index (χ1n) is 10.2. The second-order valence-corrected chi connectivity index (χ2v) is 8.16. The van der Waals surface area contributed by atoms with E-state index in [1.54, 1.807) is 24.3 Å². The lowest BCUT2D eigenvalue weighted by Crippen LogP contribution is -2.62. The second-order valence-electron chi connectivity index (χ2n) is 8.16. The van der Waals surface area contributed by atoms with E-state index in [0.717, 1.165) is 10.5 Å². The number of aliphatic hydroxyl groups is 1. The third-order valence-corrected chi connectivity index (χ3v) is 6.45. The van der Waals surface area contributed by atoms with Crippen LogP contribution in [-0.2, 0) is 20.9 Å². The summed E-state index contributed by atoms with van der Waals surface area (Å²) in [5.41, 5.74) is -0.873. The number of nitrogens with zero attached hydrogens (tertiary/aromatic N) is 1. The number of likely N-dealkylation sites (tertiary alicyclic amines) is 1. The Hall–Kier alpha value is -3.43. The number of benzene rings is 2. The summed E-state index contributed by atoms with van der Waals surface area (Å²) in [6.07, 6.45) is -1.47. The van der Waals surface area contributed by atoms with Gasteiger partial charge in [0.05, 0.1) is 31.6 Å². The number of methoxy groups -OCH3 is 1. The summed E-state index contributed by atoms with van der Waals surface area (Å²) in [6, 6.07) is 12.4. The standard InChI is InChI=1S/C23H24N2O7/c1-12(26)23(22(30)31)18-17(19(24-23)14-8-9-15(27)16(10-14)32-2)20(28)25(21(18)29)11-13-6-4-3-5-7-13/h3-10,12,17-19,24,26-27H,11H2,1-2H3,(H,30,31). The summed E-state index contributed by atoms with van der Waals surface area (Å²) in [5.74, 6) is -4.91. The summed E-state index contributed by atoms with van der Waals surface area (Å²) in [6.45, 7) is 1.29. The van der Waals surface area contributed by atoms with Gasteiger partial charge in [-0.3, -0.25) is 24.6 Å². The fraction of sp³-hybridized carbons (Fsp3) is 0.348. The van der Waals surface area contributed by atoms with E-state index >= 15 is 0 Å². The number of carbonyl (C=O) groups is 3. The van der Waals surface area contributed by atoms with Gasteiger partial charge in [0.15, 0.2) is 17.0 Å². The molecule has 2 heterocycles. The zero-order valence-corrected chi connectivity index (χ0v) is 17.6.